The number of thiazole rings is 2. The molecule has 16 heavy (non-hydrogen) atoms. The summed E-state index contributed by atoms with van der Waals surface area (Å²) >= 11 is 3.47. The zero-order valence-electron chi connectivity index (χ0n) is 8.85. The Bertz CT molecular complexity index is 475. The summed E-state index contributed by atoms with van der Waals surface area (Å²) in [5.74, 6) is 0.474. The average Bonchev–Trinajstić information content (AvgIpc) is 2.96. The van der Waals surface area contributed by atoms with E-state index in [4.69, 9.17) is 10.7 Å². The van der Waals surface area contributed by atoms with E-state index in [9.17, 15) is 0 Å². The van der Waals surface area contributed by atoms with Crippen LogP contribution in [0.15, 0.2) is 11.7 Å². The maximum Gasteiger partial charge on any atom is 0.135 e. The van der Waals surface area contributed by atoms with Crippen molar-refractivity contribution in [1.82, 2.24) is 9.97 Å². The fourth-order valence-corrected chi connectivity index (χ4v) is 4.03. The summed E-state index contributed by atoms with van der Waals surface area (Å²) in [4.78, 5) is 11.5. The van der Waals surface area contributed by atoms with E-state index in [0.717, 1.165) is 11.6 Å². The van der Waals surface area contributed by atoms with Crippen molar-refractivity contribution in [2.24, 2.45) is 5.73 Å². The average molecular weight is 251 g/mol. The predicted molar refractivity (Wildman–Crippen MR) is 68.0 cm³/mol. The molecule has 1 aliphatic carbocycles. The molecule has 0 bridgehead atoms. The lowest BCUT2D eigenvalue weighted by Crippen LogP contribution is -2.17. The Morgan fingerprint density at radius 3 is 3.19 bits per heavy atom. The molecule has 1 aliphatic rings. The number of aromatic nitrogens is 2. The molecule has 5 heteroatoms. The van der Waals surface area contributed by atoms with Crippen molar-refractivity contribution in [1.29, 1.82) is 0 Å². The third-order valence-corrected chi connectivity index (χ3v) is 5.07. The highest BCUT2D eigenvalue weighted by Gasteiger charge is 2.24. The Morgan fingerprint density at radius 2 is 2.44 bits per heavy atom. The van der Waals surface area contributed by atoms with Crippen LogP contribution in [0.2, 0.25) is 0 Å². The first-order valence-corrected chi connectivity index (χ1v) is 7.16. The molecule has 2 N–H and O–H groups in total. The Kier molecular flexibility index (Phi) is 2.75. The number of rotatable bonds is 2. The van der Waals surface area contributed by atoms with Crippen molar-refractivity contribution < 1.29 is 0 Å². The lowest BCUT2D eigenvalue weighted by atomic mass is 9.91. The van der Waals surface area contributed by atoms with E-state index in [0.29, 0.717) is 5.92 Å². The van der Waals surface area contributed by atoms with Crippen molar-refractivity contribution in [2.45, 2.75) is 25.2 Å². The normalized spacial score (nSPS) is 19.7. The van der Waals surface area contributed by atoms with Gasteiger partial charge >= 0.3 is 0 Å². The number of hydrogen-bond acceptors (Lipinski definition) is 5. The molecule has 0 amide bonds. The first-order valence-electron chi connectivity index (χ1n) is 5.47. The van der Waals surface area contributed by atoms with E-state index >= 15 is 0 Å². The highest BCUT2D eigenvalue weighted by atomic mass is 32.1. The van der Waals surface area contributed by atoms with E-state index in [-0.39, 0.29) is 0 Å². The summed E-state index contributed by atoms with van der Waals surface area (Å²) in [5, 5.41) is 1.12. The number of hydrogen-bond donors (Lipinski definition) is 1. The maximum absolute atomic E-state index is 5.80. The fourth-order valence-electron chi connectivity index (χ4n) is 2.16. The van der Waals surface area contributed by atoms with Crippen LogP contribution in [0.3, 0.4) is 0 Å². The van der Waals surface area contributed by atoms with Crippen LogP contribution in [0, 0.1) is 0 Å². The van der Waals surface area contributed by atoms with Gasteiger partial charge in [-0.15, -0.1) is 22.7 Å². The van der Waals surface area contributed by atoms with E-state index in [2.05, 4.69) is 4.98 Å². The molecule has 0 fully saturated rings. The zero-order valence-corrected chi connectivity index (χ0v) is 10.5. The third kappa shape index (κ3) is 1.69. The molecule has 0 saturated heterocycles. The number of aryl methyl sites for hydroxylation is 1. The van der Waals surface area contributed by atoms with Gasteiger partial charge in [0.2, 0.25) is 0 Å². The van der Waals surface area contributed by atoms with E-state index in [1.54, 1.807) is 11.3 Å². The van der Waals surface area contributed by atoms with Crippen molar-refractivity contribution in [3.8, 4) is 9.88 Å². The molecule has 3 rings (SSSR count). The fraction of sp³-hybridized carbons (Fsp3) is 0.455. The lowest BCUT2D eigenvalue weighted by molar-refractivity contribution is 0.554. The van der Waals surface area contributed by atoms with Crippen LogP contribution in [-0.4, -0.2) is 16.5 Å². The van der Waals surface area contributed by atoms with Gasteiger partial charge in [-0.25, -0.2) is 4.98 Å². The molecule has 1 unspecified atom stereocenters. The molecule has 0 radical (unpaired) electrons. The quantitative estimate of drug-likeness (QED) is 0.892. The molecule has 0 aliphatic heterocycles. The van der Waals surface area contributed by atoms with Crippen LogP contribution in [0.5, 0.6) is 0 Å². The highest BCUT2D eigenvalue weighted by molar-refractivity contribution is 7.20. The van der Waals surface area contributed by atoms with Crippen LogP contribution in [-0.2, 0) is 6.42 Å². The van der Waals surface area contributed by atoms with Crippen LogP contribution in [0.25, 0.3) is 9.88 Å². The second kappa shape index (κ2) is 4.24. The Balaban J connectivity index is 2.02. The summed E-state index contributed by atoms with van der Waals surface area (Å²) in [5.41, 5.74) is 8.91. The van der Waals surface area contributed by atoms with Gasteiger partial charge in [0.15, 0.2) is 0 Å². The van der Waals surface area contributed by atoms with Crippen LogP contribution in [0.1, 0.15) is 29.3 Å². The van der Waals surface area contributed by atoms with Gasteiger partial charge in [-0.2, -0.15) is 0 Å². The largest absolute Gasteiger partial charge is 0.330 e. The van der Waals surface area contributed by atoms with Crippen molar-refractivity contribution in [3.63, 3.8) is 0 Å². The molecule has 0 spiro atoms. The van der Waals surface area contributed by atoms with Gasteiger partial charge in [0.05, 0.1) is 16.1 Å². The second-order valence-corrected chi connectivity index (χ2v) is 5.99. The maximum atomic E-state index is 5.80. The minimum absolute atomic E-state index is 0.474. The van der Waals surface area contributed by atoms with Gasteiger partial charge < -0.3 is 5.73 Å². The van der Waals surface area contributed by atoms with Crippen molar-refractivity contribution in [2.75, 3.05) is 6.54 Å². The zero-order chi connectivity index (χ0) is 11.0. The van der Waals surface area contributed by atoms with Gasteiger partial charge in [-0.05, 0) is 19.3 Å². The van der Waals surface area contributed by atoms with Crippen molar-refractivity contribution >= 4 is 22.7 Å². The van der Waals surface area contributed by atoms with Crippen molar-refractivity contribution in [3.05, 3.63) is 22.3 Å². The van der Waals surface area contributed by atoms with Gasteiger partial charge in [0, 0.05) is 23.5 Å². The number of nitrogens with two attached hydrogens (primary N) is 1. The minimum atomic E-state index is 0.474. The Labute approximate surface area is 102 Å². The smallest absolute Gasteiger partial charge is 0.135 e. The molecular formula is C11H13N3S2. The first-order chi connectivity index (χ1) is 7.88. The summed E-state index contributed by atoms with van der Waals surface area (Å²) in [6.45, 7) is 0.721. The Morgan fingerprint density at radius 1 is 1.50 bits per heavy atom. The molecule has 2 aromatic rings. The topological polar surface area (TPSA) is 51.8 Å². The van der Waals surface area contributed by atoms with Gasteiger partial charge in [0.25, 0.3) is 0 Å². The number of fused-ring (bicyclic) bond motifs is 1. The SMILES string of the molecule is NCC1CCCc2sc(-c3cncs3)nc21. The molecule has 0 aromatic carbocycles. The monoisotopic (exact) mass is 251 g/mol. The Hall–Kier alpha value is -0.780. The summed E-state index contributed by atoms with van der Waals surface area (Å²) in [7, 11) is 0. The predicted octanol–water partition coefficient (Wildman–Crippen LogP) is 2.65. The van der Waals surface area contributed by atoms with Crippen LogP contribution < -0.4 is 5.73 Å². The minimum Gasteiger partial charge on any atom is -0.330 e. The molecule has 3 nitrogen and oxygen atoms in total. The summed E-state index contributed by atoms with van der Waals surface area (Å²) in [6, 6.07) is 0. The van der Waals surface area contributed by atoms with Gasteiger partial charge in [-0.3, -0.25) is 4.98 Å². The summed E-state index contributed by atoms with van der Waals surface area (Å²) in [6.07, 6.45) is 5.50. The standard InChI is InChI=1S/C11H13N3S2/c12-4-7-2-1-3-8-10(7)14-11(16-8)9-5-13-6-15-9/h5-7H,1-4,12H2. The lowest BCUT2D eigenvalue weighted by Gasteiger charge is -2.18. The summed E-state index contributed by atoms with van der Waals surface area (Å²) < 4.78 is 0. The number of nitrogens with zero attached hydrogens (tertiary/aromatic N) is 2. The van der Waals surface area contributed by atoms with Crippen LogP contribution in [0.4, 0.5) is 0 Å². The molecule has 84 valence electrons. The molecule has 1 atom stereocenters. The molecule has 2 heterocycles. The second-order valence-electron chi connectivity index (χ2n) is 4.02. The third-order valence-electron chi connectivity index (χ3n) is 3.00. The van der Waals surface area contributed by atoms with Crippen LogP contribution >= 0.6 is 22.7 Å². The molecule has 0 saturated carbocycles. The van der Waals surface area contributed by atoms with E-state index in [1.807, 2.05) is 23.0 Å². The molecular weight excluding hydrogens is 238 g/mol. The van der Waals surface area contributed by atoms with Gasteiger partial charge in [-0.1, -0.05) is 0 Å². The highest BCUT2D eigenvalue weighted by Crippen LogP contribution is 2.38. The van der Waals surface area contributed by atoms with E-state index < -0.39 is 0 Å². The van der Waals surface area contributed by atoms with Gasteiger partial charge in [0.1, 0.15) is 5.01 Å². The first kappa shape index (κ1) is 10.4. The van der Waals surface area contributed by atoms with E-state index in [1.165, 1.54) is 34.7 Å². The molecule has 2 aromatic heterocycles.